The first-order valence-corrected chi connectivity index (χ1v) is 6.44. The molecule has 0 aliphatic carbocycles. The summed E-state index contributed by atoms with van der Waals surface area (Å²) in [6.45, 7) is 0. The molecule has 4 aromatic rings. The van der Waals surface area contributed by atoms with Gasteiger partial charge in [0.1, 0.15) is 5.82 Å². The topological polar surface area (TPSA) is 46.5 Å². The number of hydrogen-bond donors (Lipinski definition) is 1. The minimum absolute atomic E-state index is 0.892. The smallest absolute Gasteiger partial charge is 0.138 e. The first kappa shape index (κ1) is 11.0. The monoisotopic (exact) mass is 260 g/mol. The molecule has 0 atom stereocenters. The summed E-state index contributed by atoms with van der Waals surface area (Å²) < 4.78 is 1.97. The summed E-state index contributed by atoms with van der Waals surface area (Å²) in [6, 6.07) is 16.3. The zero-order valence-electron chi connectivity index (χ0n) is 10.7. The molecule has 0 saturated heterocycles. The van der Waals surface area contributed by atoms with Crippen molar-refractivity contribution in [3.63, 3.8) is 0 Å². The average Bonchev–Trinajstić information content (AvgIpc) is 3.17. The number of nitrogens with zero attached hydrogens (tertiary/aromatic N) is 3. The molecule has 0 saturated carbocycles. The van der Waals surface area contributed by atoms with Crippen LogP contribution in [0.2, 0.25) is 0 Å². The van der Waals surface area contributed by atoms with E-state index in [1.807, 2.05) is 35.0 Å². The highest BCUT2D eigenvalue weighted by atomic mass is 15.0. The Morgan fingerprint density at radius 3 is 2.55 bits per heavy atom. The van der Waals surface area contributed by atoms with Crippen LogP contribution in [0.4, 0.5) is 0 Å². The van der Waals surface area contributed by atoms with Crippen molar-refractivity contribution in [2.75, 3.05) is 0 Å². The molecule has 0 bridgehead atoms. The Balaban J connectivity index is 1.75. The third-order valence-corrected chi connectivity index (χ3v) is 3.33. The third-order valence-electron chi connectivity index (χ3n) is 3.33. The highest BCUT2D eigenvalue weighted by Crippen LogP contribution is 2.21. The van der Waals surface area contributed by atoms with Crippen molar-refractivity contribution in [3.8, 4) is 17.1 Å². The Hall–Kier alpha value is -2.88. The second-order valence-electron chi connectivity index (χ2n) is 4.62. The summed E-state index contributed by atoms with van der Waals surface area (Å²) in [5.41, 5.74) is 4.20. The van der Waals surface area contributed by atoms with E-state index in [1.54, 1.807) is 12.5 Å². The quantitative estimate of drug-likeness (QED) is 0.600. The molecule has 0 fully saturated rings. The van der Waals surface area contributed by atoms with Crippen LogP contribution < -0.4 is 0 Å². The van der Waals surface area contributed by atoms with Gasteiger partial charge in [-0.05, 0) is 36.4 Å². The first-order valence-electron chi connectivity index (χ1n) is 6.44. The van der Waals surface area contributed by atoms with E-state index in [0.29, 0.717) is 0 Å². The van der Waals surface area contributed by atoms with Crippen molar-refractivity contribution < 1.29 is 0 Å². The fraction of sp³-hybridized carbons (Fsp3) is 0. The highest BCUT2D eigenvalue weighted by molar-refractivity contribution is 5.79. The largest absolute Gasteiger partial charge is 0.338 e. The van der Waals surface area contributed by atoms with E-state index < -0.39 is 0 Å². The average molecular weight is 260 g/mol. The number of rotatable bonds is 2. The maximum atomic E-state index is 4.60. The Morgan fingerprint density at radius 1 is 0.950 bits per heavy atom. The van der Waals surface area contributed by atoms with Crippen LogP contribution in [0.15, 0.2) is 67.3 Å². The van der Waals surface area contributed by atoms with Gasteiger partial charge in [0.2, 0.25) is 0 Å². The van der Waals surface area contributed by atoms with E-state index in [1.165, 1.54) is 0 Å². The summed E-state index contributed by atoms with van der Waals surface area (Å²) in [5.74, 6) is 0.892. The molecule has 96 valence electrons. The molecule has 0 unspecified atom stereocenters. The van der Waals surface area contributed by atoms with Gasteiger partial charge in [-0.3, -0.25) is 0 Å². The lowest BCUT2D eigenvalue weighted by molar-refractivity contribution is 1.06. The Bertz CT molecular complexity index is 809. The summed E-state index contributed by atoms with van der Waals surface area (Å²) in [4.78, 5) is 12.0. The molecule has 0 aliphatic rings. The van der Waals surface area contributed by atoms with E-state index in [-0.39, 0.29) is 0 Å². The second-order valence-corrected chi connectivity index (χ2v) is 4.62. The lowest BCUT2D eigenvalue weighted by atomic mass is 10.2. The number of fused-ring (bicyclic) bond motifs is 1. The van der Waals surface area contributed by atoms with Crippen LogP contribution in [0, 0.1) is 0 Å². The zero-order chi connectivity index (χ0) is 13.4. The third kappa shape index (κ3) is 1.78. The van der Waals surface area contributed by atoms with E-state index in [4.69, 9.17) is 0 Å². The van der Waals surface area contributed by atoms with Crippen LogP contribution in [0.5, 0.6) is 0 Å². The molecule has 0 aliphatic heterocycles. The minimum Gasteiger partial charge on any atom is -0.338 e. The molecule has 1 N–H and O–H groups in total. The van der Waals surface area contributed by atoms with Gasteiger partial charge in [0.05, 0.1) is 17.4 Å². The lowest BCUT2D eigenvalue weighted by Gasteiger charge is -2.02. The number of aromatic amines is 1. The second kappa shape index (κ2) is 4.35. The Morgan fingerprint density at radius 2 is 1.80 bits per heavy atom. The number of aromatic nitrogens is 4. The number of hydrogen-bond acceptors (Lipinski definition) is 2. The van der Waals surface area contributed by atoms with Gasteiger partial charge < -0.3 is 9.55 Å². The van der Waals surface area contributed by atoms with Crippen molar-refractivity contribution in [1.29, 1.82) is 0 Å². The van der Waals surface area contributed by atoms with Gasteiger partial charge in [-0.1, -0.05) is 12.1 Å². The van der Waals surface area contributed by atoms with Gasteiger partial charge in [-0.25, -0.2) is 9.97 Å². The van der Waals surface area contributed by atoms with Crippen molar-refractivity contribution in [3.05, 3.63) is 67.3 Å². The van der Waals surface area contributed by atoms with Crippen LogP contribution in [0.3, 0.4) is 0 Å². The maximum absolute atomic E-state index is 4.60. The molecule has 2 aromatic carbocycles. The molecule has 2 heterocycles. The Kier molecular flexibility index (Phi) is 2.39. The van der Waals surface area contributed by atoms with Crippen molar-refractivity contribution in [2.45, 2.75) is 0 Å². The van der Waals surface area contributed by atoms with Gasteiger partial charge in [-0.15, -0.1) is 0 Å². The van der Waals surface area contributed by atoms with Gasteiger partial charge in [0.25, 0.3) is 0 Å². The van der Waals surface area contributed by atoms with Crippen LogP contribution in [0.1, 0.15) is 0 Å². The summed E-state index contributed by atoms with van der Waals surface area (Å²) in [6.07, 6.45) is 5.49. The van der Waals surface area contributed by atoms with Gasteiger partial charge in [0.15, 0.2) is 0 Å². The minimum atomic E-state index is 0.892. The highest BCUT2D eigenvalue weighted by Gasteiger charge is 2.04. The molecule has 0 spiro atoms. The van der Waals surface area contributed by atoms with Gasteiger partial charge in [0, 0.05) is 23.6 Å². The molecule has 0 radical (unpaired) electrons. The number of benzene rings is 2. The van der Waals surface area contributed by atoms with Crippen LogP contribution in [-0.4, -0.2) is 19.5 Å². The normalized spacial score (nSPS) is 11.0. The van der Waals surface area contributed by atoms with Crippen LogP contribution in [-0.2, 0) is 0 Å². The predicted molar refractivity (Wildman–Crippen MR) is 78.7 cm³/mol. The predicted octanol–water partition coefficient (Wildman–Crippen LogP) is 3.42. The number of para-hydroxylation sites is 2. The number of imidazole rings is 2. The summed E-state index contributed by atoms with van der Waals surface area (Å²) in [5, 5.41) is 0. The van der Waals surface area contributed by atoms with Crippen LogP contribution in [0.25, 0.3) is 28.1 Å². The van der Waals surface area contributed by atoms with E-state index in [0.717, 1.165) is 28.1 Å². The van der Waals surface area contributed by atoms with Gasteiger partial charge in [-0.2, -0.15) is 0 Å². The molecular formula is C16H12N4. The maximum Gasteiger partial charge on any atom is 0.138 e. The molecule has 2 aromatic heterocycles. The molecule has 4 rings (SSSR count). The summed E-state index contributed by atoms with van der Waals surface area (Å²) >= 11 is 0. The first-order chi connectivity index (χ1) is 9.90. The van der Waals surface area contributed by atoms with E-state index >= 15 is 0 Å². The standard InChI is InChI=1S/C16H12N4/c1-2-4-15-14(3-1)18-16(19-15)12-5-7-13(8-6-12)20-10-9-17-11-20/h1-11H,(H,18,19). The lowest BCUT2D eigenvalue weighted by Crippen LogP contribution is -1.89. The van der Waals surface area contributed by atoms with Crippen molar-refractivity contribution in [2.24, 2.45) is 0 Å². The van der Waals surface area contributed by atoms with Crippen LogP contribution >= 0.6 is 0 Å². The molecular weight excluding hydrogens is 248 g/mol. The van der Waals surface area contributed by atoms with Crippen molar-refractivity contribution in [1.82, 2.24) is 19.5 Å². The van der Waals surface area contributed by atoms with Gasteiger partial charge >= 0.3 is 0 Å². The fourth-order valence-corrected chi connectivity index (χ4v) is 2.29. The SMILES string of the molecule is c1ccc2[nH]c(-c3ccc(-n4ccnc4)cc3)nc2c1. The molecule has 0 amide bonds. The zero-order valence-corrected chi connectivity index (χ0v) is 10.7. The molecule has 4 heteroatoms. The number of nitrogens with one attached hydrogen (secondary N) is 1. The Labute approximate surface area is 115 Å². The van der Waals surface area contributed by atoms with Crippen molar-refractivity contribution >= 4 is 11.0 Å². The molecule has 4 nitrogen and oxygen atoms in total. The summed E-state index contributed by atoms with van der Waals surface area (Å²) in [7, 11) is 0. The van der Waals surface area contributed by atoms with E-state index in [2.05, 4.69) is 39.2 Å². The fourth-order valence-electron chi connectivity index (χ4n) is 2.29. The van der Waals surface area contributed by atoms with E-state index in [9.17, 15) is 0 Å². The molecule has 20 heavy (non-hydrogen) atoms. The number of H-pyrrole nitrogens is 1.